The van der Waals surface area contributed by atoms with E-state index in [1.165, 1.54) is 0 Å². The van der Waals surface area contributed by atoms with Crippen LogP contribution in [-0.4, -0.2) is 23.6 Å². The van der Waals surface area contributed by atoms with Crippen LogP contribution in [0.15, 0.2) is 65.8 Å². The molecule has 1 aromatic heterocycles. The Balaban J connectivity index is 2.19. The lowest BCUT2D eigenvalue weighted by molar-refractivity contribution is -0.129. The van der Waals surface area contributed by atoms with Crippen molar-refractivity contribution in [1.29, 1.82) is 0 Å². The van der Waals surface area contributed by atoms with E-state index in [4.69, 9.17) is 4.74 Å². The van der Waals surface area contributed by atoms with Crippen molar-refractivity contribution in [2.75, 3.05) is 11.5 Å². The molecule has 1 aromatic carbocycles. The number of hydrogen-bond donors (Lipinski definition) is 0. The molecule has 5 heteroatoms. The van der Waals surface area contributed by atoms with Gasteiger partial charge in [-0.05, 0) is 49.7 Å². The van der Waals surface area contributed by atoms with Gasteiger partial charge in [-0.15, -0.1) is 6.58 Å². The van der Waals surface area contributed by atoms with Crippen LogP contribution in [0.5, 0.6) is 0 Å². The predicted octanol–water partition coefficient (Wildman–Crippen LogP) is 4.36. The van der Waals surface area contributed by atoms with E-state index in [1.807, 2.05) is 42.5 Å². The Hall–Kier alpha value is -1.98. The Morgan fingerprint density at radius 3 is 2.71 bits per heavy atom. The van der Waals surface area contributed by atoms with Gasteiger partial charge in [0.25, 0.3) is 5.91 Å². The van der Waals surface area contributed by atoms with E-state index in [9.17, 15) is 4.79 Å². The Labute approximate surface area is 151 Å². The van der Waals surface area contributed by atoms with E-state index in [-0.39, 0.29) is 5.91 Å². The highest BCUT2D eigenvalue weighted by molar-refractivity contribution is 9.10. The van der Waals surface area contributed by atoms with Gasteiger partial charge in [-0.2, -0.15) is 0 Å². The Bertz CT molecular complexity index is 659. The van der Waals surface area contributed by atoms with Gasteiger partial charge in [-0.3, -0.25) is 9.78 Å². The Morgan fingerprint density at radius 1 is 1.33 bits per heavy atom. The minimum Gasteiger partial charge on any atom is -0.368 e. The number of pyridine rings is 1. The molecule has 2 aromatic rings. The number of anilines is 1. The van der Waals surface area contributed by atoms with Crippen LogP contribution in [0.4, 0.5) is 5.69 Å². The van der Waals surface area contributed by atoms with Gasteiger partial charge in [-0.25, -0.2) is 0 Å². The van der Waals surface area contributed by atoms with Gasteiger partial charge in [0.15, 0.2) is 0 Å². The van der Waals surface area contributed by atoms with Gasteiger partial charge >= 0.3 is 0 Å². The summed E-state index contributed by atoms with van der Waals surface area (Å²) in [5.74, 6) is -0.0907. The molecule has 0 spiro atoms. The molecule has 0 aliphatic heterocycles. The van der Waals surface area contributed by atoms with Gasteiger partial charge < -0.3 is 9.64 Å². The molecule has 24 heavy (non-hydrogen) atoms. The van der Waals surface area contributed by atoms with Crippen LogP contribution in [-0.2, 0) is 16.1 Å². The topological polar surface area (TPSA) is 42.4 Å². The monoisotopic (exact) mass is 388 g/mol. The summed E-state index contributed by atoms with van der Waals surface area (Å²) in [5.41, 5.74) is 1.64. The first kappa shape index (κ1) is 18.4. The summed E-state index contributed by atoms with van der Waals surface area (Å²) in [7, 11) is 0. The van der Waals surface area contributed by atoms with Crippen LogP contribution in [0.1, 0.15) is 19.0 Å². The summed E-state index contributed by atoms with van der Waals surface area (Å²) in [6, 6.07) is 13.3. The summed E-state index contributed by atoms with van der Waals surface area (Å²) in [5, 5.41) is 0. The lowest BCUT2D eigenvalue weighted by atomic mass is 10.2. The van der Waals surface area contributed by atoms with Gasteiger partial charge in [0.05, 0.1) is 18.8 Å². The molecule has 0 fully saturated rings. The Morgan fingerprint density at radius 2 is 2.08 bits per heavy atom. The zero-order valence-corrected chi connectivity index (χ0v) is 15.3. The van der Waals surface area contributed by atoms with Crippen LogP contribution in [0.2, 0.25) is 0 Å². The standard InChI is InChI=1S/C19H21BrN2O2/c1-3-4-13-24-15(2)19(23)22(14-17-7-5-6-12-21-17)18-10-8-16(20)9-11-18/h3,5-12,15H,1,4,13-14H2,2H3. The van der Waals surface area contributed by atoms with Crippen LogP contribution in [0.3, 0.4) is 0 Å². The van der Waals surface area contributed by atoms with Gasteiger partial charge in [0.2, 0.25) is 0 Å². The normalized spacial score (nSPS) is 11.8. The molecule has 1 amide bonds. The number of halogens is 1. The van der Waals surface area contributed by atoms with Crippen molar-refractivity contribution >= 4 is 27.5 Å². The zero-order chi connectivity index (χ0) is 17.4. The minimum atomic E-state index is -0.530. The molecular formula is C19H21BrN2O2. The van der Waals surface area contributed by atoms with Crippen molar-refractivity contribution in [3.05, 3.63) is 71.5 Å². The van der Waals surface area contributed by atoms with Crippen molar-refractivity contribution in [3.63, 3.8) is 0 Å². The fraction of sp³-hybridized carbons (Fsp3) is 0.263. The van der Waals surface area contributed by atoms with Gasteiger partial charge in [-0.1, -0.05) is 28.1 Å². The van der Waals surface area contributed by atoms with Crippen LogP contribution < -0.4 is 4.90 Å². The molecule has 0 radical (unpaired) electrons. The average Bonchev–Trinajstić information content (AvgIpc) is 2.61. The fourth-order valence-electron chi connectivity index (χ4n) is 2.19. The van der Waals surface area contributed by atoms with Crippen LogP contribution >= 0.6 is 15.9 Å². The molecule has 1 unspecified atom stereocenters. The quantitative estimate of drug-likeness (QED) is 0.498. The Kier molecular flexibility index (Phi) is 7.15. The van der Waals surface area contributed by atoms with E-state index < -0.39 is 6.10 Å². The summed E-state index contributed by atoms with van der Waals surface area (Å²) >= 11 is 3.42. The number of benzene rings is 1. The SMILES string of the molecule is C=CCCOC(C)C(=O)N(Cc1ccccn1)c1ccc(Br)cc1. The first-order chi connectivity index (χ1) is 11.6. The lowest BCUT2D eigenvalue weighted by Gasteiger charge is -2.26. The highest BCUT2D eigenvalue weighted by Gasteiger charge is 2.23. The smallest absolute Gasteiger partial charge is 0.256 e. The molecule has 0 aliphatic rings. The second-order valence-electron chi connectivity index (χ2n) is 5.31. The lowest BCUT2D eigenvalue weighted by Crippen LogP contribution is -2.39. The minimum absolute atomic E-state index is 0.0907. The molecule has 0 saturated carbocycles. The number of amides is 1. The molecule has 4 nitrogen and oxygen atoms in total. The van der Waals surface area contributed by atoms with Crippen molar-refractivity contribution in [3.8, 4) is 0 Å². The third-order valence-corrected chi connectivity index (χ3v) is 4.02. The number of carbonyl (C=O) groups is 1. The molecule has 2 rings (SSSR count). The second kappa shape index (κ2) is 9.35. The van der Waals surface area contributed by atoms with Gasteiger partial charge in [0.1, 0.15) is 6.10 Å². The number of carbonyl (C=O) groups excluding carboxylic acids is 1. The number of nitrogens with zero attached hydrogens (tertiary/aromatic N) is 2. The van der Waals surface area contributed by atoms with E-state index >= 15 is 0 Å². The van der Waals surface area contributed by atoms with Gasteiger partial charge in [0, 0.05) is 16.4 Å². The summed E-state index contributed by atoms with van der Waals surface area (Å²) < 4.78 is 6.58. The molecule has 0 bridgehead atoms. The van der Waals surface area contributed by atoms with E-state index in [0.29, 0.717) is 13.2 Å². The summed E-state index contributed by atoms with van der Waals surface area (Å²) in [6.07, 6.45) is 3.69. The maximum absolute atomic E-state index is 12.9. The van der Waals surface area contributed by atoms with Crippen LogP contribution in [0, 0.1) is 0 Å². The number of hydrogen-bond acceptors (Lipinski definition) is 3. The molecular weight excluding hydrogens is 368 g/mol. The molecule has 0 N–H and O–H groups in total. The maximum atomic E-state index is 12.9. The number of aromatic nitrogens is 1. The number of rotatable bonds is 8. The second-order valence-corrected chi connectivity index (χ2v) is 6.23. The van der Waals surface area contributed by atoms with Crippen molar-refractivity contribution in [2.45, 2.75) is 26.0 Å². The fourth-order valence-corrected chi connectivity index (χ4v) is 2.45. The summed E-state index contributed by atoms with van der Waals surface area (Å²) in [6.45, 7) is 6.31. The van der Waals surface area contributed by atoms with E-state index in [2.05, 4.69) is 27.5 Å². The largest absolute Gasteiger partial charge is 0.368 e. The van der Waals surface area contributed by atoms with Crippen molar-refractivity contribution in [2.24, 2.45) is 0 Å². The maximum Gasteiger partial charge on any atom is 0.256 e. The van der Waals surface area contributed by atoms with E-state index in [0.717, 1.165) is 22.3 Å². The van der Waals surface area contributed by atoms with Crippen LogP contribution in [0.25, 0.3) is 0 Å². The molecule has 0 saturated heterocycles. The molecule has 1 atom stereocenters. The third-order valence-electron chi connectivity index (χ3n) is 3.49. The molecule has 126 valence electrons. The summed E-state index contributed by atoms with van der Waals surface area (Å²) in [4.78, 5) is 18.9. The molecule has 0 aliphatic carbocycles. The highest BCUT2D eigenvalue weighted by atomic mass is 79.9. The first-order valence-corrected chi connectivity index (χ1v) is 8.60. The van der Waals surface area contributed by atoms with Crippen molar-refractivity contribution in [1.82, 2.24) is 4.98 Å². The molecule has 1 heterocycles. The third kappa shape index (κ3) is 5.28. The van der Waals surface area contributed by atoms with E-state index in [1.54, 1.807) is 24.1 Å². The predicted molar refractivity (Wildman–Crippen MR) is 99.8 cm³/mol. The average molecular weight is 389 g/mol. The highest BCUT2D eigenvalue weighted by Crippen LogP contribution is 2.21. The number of ether oxygens (including phenoxy) is 1. The van der Waals surface area contributed by atoms with Crippen molar-refractivity contribution < 1.29 is 9.53 Å². The zero-order valence-electron chi connectivity index (χ0n) is 13.7. The first-order valence-electron chi connectivity index (χ1n) is 7.81.